The fraction of sp³-hybridized carbons (Fsp3) is 0.188. The van der Waals surface area contributed by atoms with Crippen molar-refractivity contribution in [1.29, 1.82) is 0 Å². The van der Waals surface area contributed by atoms with Crippen molar-refractivity contribution < 1.29 is 19.2 Å². The number of ketones is 4. The number of carbonyl (C=O) groups is 4. The molecule has 0 heterocycles. The van der Waals surface area contributed by atoms with E-state index in [1.54, 1.807) is 75.4 Å². The maximum atomic E-state index is 14.0. The molecule has 0 aliphatic heterocycles. The molecule has 0 radical (unpaired) electrons. The normalized spacial score (nSPS) is 18.6. The molecule has 6 nitrogen and oxygen atoms in total. The highest BCUT2D eigenvalue weighted by molar-refractivity contribution is 6.33. The Morgan fingerprint density at radius 3 is 1.97 bits per heavy atom. The van der Waals surface area contributed by atoms with Crippen molar-refractivity contribution >= 4 is 34.5 Å². The van der Waals surface area contributed by atoms with E-state index < -0.39 is 5.92 Å². The molecule has 2 aromatic rings. The lowest BCUT2D eigenvalue weighted by molar-refractivity contribution is 0.0892. The molecule has 1 unspecified atom stereocenters. The monoisotopic (exact) mass is 506 g/mol. The Morgan fingerprint density at radius 2 is 1.42 bits per heavy atom. The first-order valence-electron chi connectivity index (χ1n) is 12.4. The van der Waals surface area contributed by atoms with Gasteiger partial charge in [0.1, 0.15) is 0 Å². The number of hydrogen-bond acceptors (Lipinski definition) is 6. The second-order valence-corrected chi connectivity index (χ2v) is 9.65. The summed E-state index contributed by atoms with van der Waals surface area (Å²) in [6.45, 7) is 11.0. The molecule has 0 fully saturated rings. The van der Waals surface area contributed by atoms with Gasteiger partial charge in [0, 0.05) is 45.1 Å². The van der Waals surface area contributed by atoms with Gasteiger partial charge in [-0.3, -0.25) is 19.2 Å². The second-order valence-electron chi connectivity index (χ2n) is 9.65. The van der Waals surface area contributed by atoms with E-state index in [0.717, 1.165) is 5.57 Å². The predicted molar refractivity (Wildman–Crippen MR) is 151 cm³/mol. The zero-order chi connectivity index (χ0) is 27.9. The minimum atomic E-state index is -0.714. The highest BCUT2D eigenvalue weighted by atomic mass is 16.1. The van der Waals surface area contributed by atoms with Gasteiger partial charge in [0.25, 0.3) is 0 Å². The highest BCUT2D eigenvalue weighted by Crippen LogP contribution is 2.44. The standard InChI is InChI=1S/C32H30N2O4/c1-6-8-10-18-17(5)29(35)25-19(11-13-23(33)27(25)30(18)36)20-12-14-24(34)28-26(20)32(38)22(15-16(3)4)21(9-7-2)31(28)37/h6-14,17H,3,15,33-34H2,1-2,4-5H3/b8-6-,9-7-,18-10+. The van der Waals surface area contributed by atoms with Gasteiger partial charge in [-0.05, 0) is 50.5 Å². The van der Waals surface area contributed by atoms with Crippen molar-refractivity contribution in [3.8, 4) is 11.1 Å². The van der Waals surface area contributed by atoms with Crippen LogP contribution in [0.25, 0.3) is 11.1 Å². The van der Waals surface area contributed by atoms with Gasteiger partial charge >= 0.3 is 0 Å². The summed E-state index contributed by atoms with van der Waals surface area (Å²) in [6.07, 6.45) is 8.64. The summed E-state index contributed by atoms with van der Waals surface area (Å²) in [5.41, 5.74) is 15.7. The van der Waals surface area contributed by atoms with Crippen LogP contribution in [0.2, 0.25) is 0 Å². The molecule has 0 spiro atoms. The molecule has 0 amide bonds. The topological polar surface area (TPSA) is 120 Å². The van der Waals surface area contributed by atoms with Crippen molar-refractivity contribution in [3.63, 3.8) is 0 Å². The zero-order valence-electron chi connectivity index (χ0n) is 22.0. The lowest BCUT2D eigenvalue weighted by atomic mass is 9.73. The first kappa shape index (κ1) is 26.5. The lowest BCUT2D eigenvalue weighted by Crippen LogP contribution is -2.30. The van der Waals surface area contributed by atoms with E-state index in [0.29, 0.717) is 22.3 Å². The molecule has 4 N–H and O–H groups in total. The summed E-state index contributed by atoms with van der Waals surface area (Å²) < 4.78 is 0. The van der Waals surface area contributed by atoms with Crippen molar-refractivity contribution in [2.45, 2.75) is 34.1 Å². The fourth-order valence-corrected chi connectivity index (χ4v) is 5.15. The van der Waals surface area contributed by atoms with Gasteiger partial charge in [-0.25, -0.2) is 0 Å². The zero-order valence-corrected chi connectivity index (χ0v) is 22.0. The largest absolute Gasteiger partial charge is 0.398 e. The van der Waals surface area contributed by atoms with Crippen LogP contribution in [0.3, 0.4) is 0 Å². The van der Waals surface area contributed by atoms with Gasteiger partial charge in [0.2, 0.25) is 0 Å². The van der Waals surface area contributed by atoms with E-state index in [2.05, 4.69) is 6.58 Å². The first-order valence-corrected chi connectivity index (χ1v) is 12.4. The average Bonchev–Trinajstić information content (AvgIpc) is 2.87. The van der Waals surface area contributed by atoms with Crippen LogP contribution in [0.1, 0.15) is 75.5 Å². The summed E-state index contributed by atoms with van der Waals surface area (Å²) >= 11 is 0. The van der Waals surface area contributed by atoms with Gasteiger partial charge in [-0.2, -0.15) is 0 Å². The van der Waals surface area contributed by atoms with Crippen LogP contribution in [0.4, 0.5) is 11.4 Å². The Bertz CT molecular complexity index is 1580. The second kappa shape index (κ2) is 10.1. The van der Waals surface area contributed by atoms with E-state index in [4.69, 9.17) is 11.5 Å². The van der Waals surface area contributed by atoms with E-state index in [1.165, 1.54) is 0 Å². The molecule has 0 bridgehead atoms. The third-order valence-electron chi connectivity index (χ3n) is 6.94. The fourth-order valence-electron chi connectivity index (χ4n) is 5.15. The van der Waals surface area contributed by atoms with Crippen LogP contribution >= 0.6 is 0 Å². The molecule has 0 saturated heterocycles. The van der Waals surface area contributed by atoms with Crippen LogP contribution in [-0.4, -0.2) is 23.1 Å². The molecule has 38 heavy (non-hydrogen) atoms. The average molecular weight is 507 g/mol. The molecular weight excluding hydrogens is 476 g/mol. The van der Waals surface area contributed by atoms with Gasteiger partial charge in [0.05, 0.1) is 11.1 Å². The Balaban J connectivity index is 2.06. The van der Waals surface area contributed by atoms with Crippen LogP contribution in [0.15, 0.2) is 83.5 Å². The number of rotatable bonds is 5. The minimum Gasteiger partial charge on any atom is -0.398 e. The molecule has 1 atom stereocenters. The predicted octanol–water partition coefficient (Wildman–Crippen LogP) is 6.25. The number of nitrogens with two attached hydrogens (primary N) is 2. The number of hydrogen-bond donors (Lipinski definition) is 2. The van der Waals surface area contributed by atoms with Gasteiger partial charge in [-0.1, -0.05) is 61.6 Å². The molecule has 4 rings (SSSR count). The number of Topliss-reactive ketones (excluding diaryl/α,β-unsaturated/α-hetero) is 4. The Labute approximate surface area is 222 Å². The smallest absolute Gasteiger partial charge is 0.196 e. The molecular formula is C32H30N2O4. The minimum absolute atomic E-state index is 0.0907. The Kier molecular flexibility index (Phi) is 7.01. The summed E-state index contributed by atoms with van der Waals surface area (Å²) in [7, 11) is 0. The molecule has 0 saturated carbocycles. The summed E-state index contributed by atoms with van der Waals surface area (Å²) in [4.78, 5) is 54.9. The van der Waals surface area contributed by atoms with Crippen LogP contribution in [0, 0.1) is 5.92 Å². The van der Waals surface area contributed by atoms with Crippen molar-refractivity contribution in [2.75, 3.05) is 11.5 Å². The van der Waals surface area contributed by atoms with Gasteiger partial charge in [-0.15, -0.1) is 0 Å². The summed E-state index contributed by atoms with van der Waals surface area (Å²) in [5.74, 6) is -2.07. The van der Waals surface area contributed by atoms with Crippen molar-refractivity contribution in [3.05, 3.63) is 106 Å². The maximum absolute atomic E-state index is 14.0. The first-order chi connectivity index (χ1) is 18.0. The van der Waals surface area contributed by atoms with Crippen molar-refractivity contribution in [2.24, 2.45) is 5.92 Å². The third-order valence-corrected chi connectivity index (χ3v) is 6.94. The maximum Gasteiger partial charge on any atom is 0.196 e. The van der Waals surface area contributed by atoms with Crippen molar-refractivity contribution in [1.82, 2.24) is 0 Å². The third kappa shape index (κ3) is 4.08. The van der Waals surface area contributed by atoms with Crippen LogP contribution in [0.5, 0.6) is 0 Å². The quantitative estimate of drug-likeness (QED) is 0.281. The van der Waals surface area contributed by atoms with Gasteiger partial charge in [0.15, 0.2) is 23.1 Å². The lowest BCUT2D eigenvalue weighted by Gasteiger charge is -2.28. The summed E-state index contributed by atoms with van der Waals surface area (Å²) in [5, 5.41) is 0. The number of benzene rings is 2. The SMILES string of the molecule is C=C(C)CC1=C(/C=C\C)C(=O)c2c(N)ccc(-c3ccc(N)c4c3C(=O)C(C)/C(=C\C=C/C)C4=O)c2C1=O. The number of allylic oxidation sites excluding steroid dienone is 9. The Morgan fingerprint density at radius 1 is 0.842 bits per heavy atom. The molecule has 2 aliphatic rings. The van der Waals surface area contributed by atoms with Crippen LogP contribution in [-0.2, 0) is 0 Å². The van der Waals surface area contributed by atoms with E-state index in [9.17, 15) is 19.2 Å². The van der Waals surface area contributed by atoms with E-state index in [1.807, 2.05) is 6.92 Å². The number of anilines is 2. The van der Waals surface area contributed by atoms with E-state index >= 15 is 0 Å². The molecule has 2 aliphatic carbocycles. The Hall–Kier alpha value is -4.58. The highest BCUT2D eigenvalue weighted by Gasteiger charge is 2.40. The number of nitrogen functional groups attached to an aromatic ring is 2. The van der Waals surface area contributed by atoms with Gasteiger partial charge < -0.3 is 11.5 Å². The molecule has 2 aromatic carbocycles. The molecule has 0 aromatic heterocycles. The number of fused-ring (bicyclic) bond motifs is 2. The molecule has 192 valence electrons. The molecule has 6 heteroatoms. The van der Waals surface area contributed by atoms with E-state index in [-0.39, 0.29) is 68.8 Å². The van der Waals surface area contributed by atoms with Crippen LogP contribution < -0.4 is 11.5 Å². The number of carbonyl (C=O) groups excluding carboxylic acids is 4. The summed E-state index contributed by atoms with van der Waals surface area (Å²) in [6, 6.07) is 6.35.